The van der Waals surface area contributed by atoms with E-state index in [1.165, 1.54) is 33.4 Å². The molecule has 5 nitrogen and oxygen atoms in total. The molecule has 0 saturated carbocycles. The molecule has 0 unspecified atom stereocenters. The Morgan fingerprint density at radius 1 is 0.356 bits per heavy atom. The molecular formula is C54H35N3O2. The molecule has 3 aromatic heterocycles. The Bertz CT molecular complexity index is 3480. The summed E-state index contributed by atoms with van der Waals surface area (Å²) in [6.07, 6.45) is 0. The molecule has 3 heterocycles. The standard InChI is InChI=1S/C54H35N3O2/c1-54(2)44-22-8-6-17-38(44)43-30-35(26-28-45(43)54)51-55-52(57-53(56-51)42-21-11-20-40-39-18-7-9-23-46(39)59-50(40)42)36-25-27-41-48(31-36)58-47-24-12-19-37(49(41)47)34-16-10-15-33(29-34)32-13-4-3-5-14-32/h3-31H,1-2H3. The van der Waals surface area contributed by atoms with Crippen molar-refractivity contribution < 1.29 is 8.83 Å². The van der Waals surface area contributed by atoms with Crippen molar-refractivity contribution in [3.63, 3.8) is 0 Å². The van der Waals surface area contributed by atoms with Crippen LogP contribution in [0.3, 0.4) is 0 Å². The Morgan fingerprint density at radius 3 is 1.88 bits per heavy atom. The van der Waals surface area contributed by atoms with Crippen LogP contribution in [0.1, 0.15) is 25.0 Å². The molecule has 11 aromatic rings. The molecule has 0 amide bonds. The number of furan rings is 2. The molecule has 278 valence electrons. The molecule has 0 fully saturated rings. The first-order valence-corrected chi connectivity index (χ1v) is 20.0. The van der Waals surface area contributed by atoms with Crippen molar-refractivity contribution in [1.82, 2.24) is 15.0 Å². The molecule has 0 spiro atoms. The van der Waals surface area contributed by atoms with Gasteiger partial charge in [-0.25, -0.2) is 15.0 Å². The summed E-state index contributed by atoms with van der Waals surface area (Å²) in [7, 11) is 0. The smallest absolute Gasteiger partial charge is 0.167 e. The maximum absolute atomic E-state index is 6.63. The van der Waals surface area contributed by atoms with Crippen molar-refractivity contribution >= 4 is 43.9 Å². The summed E-state index contributed by atoms with van der Waals surface area (Å²) < 4.78 is 13.1. The van der Waals surface area contributed by atoms with Gasteiger partial charge in [0.25, 0.3) is 0 Å². The first-order chi connectivity index (χ1) is 29.0. The van der Waals surface area contributed by atoms with E-state index in [4.69, 9.17) is 23.8 Å². The number of benzene rings is 8. The van der Waals surface area contributed by atoms with Crippen molar-refractivity contribution in [2.75, 3.05) is 0 Å². The average Bonchev–Trinajstić information content (AvgIpc) is 3.94. The van der Waals surface area contributed by atoms with Gasteiger partial charge in [-0.05, 0) is 87.0 Å². The Labute approximate surface area is 340 Å². The lowest BCUT2D eigenvalue weighted by atomic mass is 9.82. The highest BCUT2D eigenvalue weighted by molar-refractivity contribution is 6.13. The summed E-state index contributed by atoms with van der Waals surface area (Å²) in [5.41, 5.74) is 15.3. The van der Waals surface area contributed by atoms with Crippen LogP contribution < -0.4 is 0 Å². The number of rotatable bonds is 5. The van der Waals surface area contributed by atoms with E-state index in [1.807, 2.05) is 42.5 Å². The normalized spacial score (nSPS) is 13.1. The lowest BCUT2D eigenvalue weighted by Crippen LogP contribution is -2.14. The van der Waals surface area contributed by atoms with Gasteiger partial charge in [-0.1, -0.05) is 147 Å². The van der Waals surface area contributed by atoms with E-state index in [1.54, 1.807) is 0 Å². The minimum Gasteiger partial charge on any atom is -0.456 e. The van der Waals surface area contributed by atoms with E-state index < -0.39 is 0 Å². The van der Waals surface area contributed by atoms with Gasteiger partial charge in [0.05, 0.1) is 5.56 Å². The van der Waals surface area contributed by atoms with E-state index in [-0.39, 0.29) is 5.41 Å². The summed E-state index contributed by atoms with van der Waals surface area (Å²) in [5.74, 6) is 1.69. The van der Waals surface area contributed by atoms with Crippen molar-refractivity contribution in [3.8, 4) is 67.5 Å². The van der Waals surface area contributed by atoms with Crippen LogP contribution in [0, 0.1) is 0 Å². The minimum atomic E-state index is -0.108. The maximum Gasteiger partial charge on any atom is 0.167 e. The predicted octanol–water partition coefficient (Wildman–Crippen LogP) is 14.3. The molecule has 59 heavy (non-hydrogen) atoms. The zero-order chi connectivity index (χ0) is 39.2. The van der Waals surface area contributed by atoms with E-state index in [9.17, 15) is 0 Å². The van der Waals surface area contributed by atoms with Crippen molar-refractivity contribution in [1.29, 1.82) is 0 Å². The molecule has 0 aliphatic heterocycles. The van der Waals surface area contributed by atoms with Gasteiger partial charge in [-0.15, -0.1) is 0 Å². The van der Waals surface area contributed by atoms with Gasteiger partial charge in [0.15, 0.2) is 17.5 Å². The second kappa shape index (κ2) is 12.7. The summed E-state index contributed by atoms with van der Waals surface area (Å²) >= 11 is 0. The zero-order valence-corrected chi connectivity index (χ0v) is 32.4. The van der Waals surface area contributed by atoms with Gasteiger partial charge >= 0.3 is 0 Å². The van der Waals surface area contributed by atoms with Gasteiger partial charge in [0.1, 0.15) is 22.3 Å². The Kier molecular flexibility index (Phi) is 7.20. The SMILES string of the molecule is CC1(C)c2ccccc2-c2cc(-c3nc(-c4ccc5c(c4)oc4cccc(-c6cccc(-c7ccccc7)c6)c45)nc(-c4cccc5c4oc4ccccc45)n3)ccc21. The third-order valence-corrected chi connectivity index (χ3v) is 12.2. The number of aromatic nitrogens is 3. The molecule has 0 radical (unpaired) electrons. The lowest BCUT2D eigenvalue weighted by Gasteiger charge is -2.21. The van der Waals surface area contributed by atoms with Crippen molar-refractivity contribution in [2.24, 2.45) is 0 Å². The fourth-order valence-corrected chi connectivity index (χ4v) is 9.24. The summed E-state index contributed by atoms with van der Waals surface area (Å²) in [4.78, 5) is 15.6. The highest BCUT2D eigenvalue weighted by Crippen LogP contribution is 2.49. The first kappa shape index (κ1) is 33.5. The Hall–Kier alpha value is -7.63. The monoisotopic (exact) mass is 757 g/mol. The molecular weight excluding hydrogens is 723 g/mol. The predicted molar refractivity (Wildman–Crippen MR) is 239 cm³/mol. The van der Waals surface area contributed by atoms with Crippen molar-refractivity contribution in [3.05, 3.63) is 187 Å². The molecule has 5 heteroatoms. The largest absolute Gasteiger partial charge is 0.456 e. The number of para-hydroxylation sites is 2. The number of fused-ring (bicyclic) bond motifs is 9. The van der Waals surface area contributed by atoms with Crippen molar-refractivity contribution in [2.45, 2.75) is 19.3 Å². The van der Waals surface area contributed by atoms with E-state index in [2.05, 4.69) is 147 Å². The topological polar surface area (TPSA) is 65.0 Å². The third kappa shape index (κ3) is 5.21. The van der Waals surface area contributed by atoms with Gasteiger partial charge in [0.2, 0.25) is 0 Å². The van der Waals surface area contributed by atoms with Gasteiger partial charge in [0, 0.05) is 38.1 Å². The highest BCUT2D eigenvalue weighted by Gasteiger charge is 2.35. The zero-order valence-electron chi connectivity index (χ0n) is 32.4. The Balaban J connectivity index is 1.04. The third-order valence-electron chi connectivity index (χ3n) is 12.2. The lowest BCUT2D eigenvalue weighted by molar-refractivity contribution is 0.660. The molecule has 0 N–H and O–H groups in total. The van der Waals surface area contributed by atoms with Crippen LogP contribution in [0.25, 0.3) is 111 Å². The van der Waals surface area contributed by atoms with E-state index in [0.29, 0.717) is 17.5 Å². The Morgan fingerprint density at radius 2 is 0.983 bits per heavy atom. The number of hydrogen-bond donors (Lipinski definition) is 0. The van der Waals surface area contributed by atoms with Crippen LogP contribution in [0.15, 0.2) is 185 Å². The van der Waals surface area contributed by atoms with Gasteiger partial charge in [-0.2, -0.15) is 0 Å². The highest BCUT2D eigenvalue weighted by atomic mass is 16.3. The van der Waals surface area contributed by atoms with Gasteiger partial charge < -0.3 is 8.83 Å². The van der Waals surface area contributed by atoms with Crippen LogP contribution in [-0.2, 0) is 5.41 Å². The fraction of sp³-hybridized carbons (Fsp3) is 0.0556. The van der Waals surface area contributed by atoms with Crippen LogP contribution in [0.2, 0.25) is 0 Å². The maximum atomic E-state index is 6.63. The molecule has 8 aromatic carbocycles. The first-order valence-electron chi connectivity index (χ1n) is 20.0. The summed E-state index contributed by atoms with van der Waals surface area (Å²) in [6.45, 7) is 4.59. The molecule has 1 aliphatic rings. The molecule has 0 atom stereocenters. The van der Waals surface area contributed by atoms with Crippen LogP contribution in [0.4, 0.5) is 0 Å². The number of hydrogen-bond acceptors (Lipinski definition) is 5. The molecule has 0 bridgehead atoms. The van der Waals surface area contributed by atoms with Crippen LogP contribution in [-0.4, -0.2) is 15.0 Å². The van der Waals surface area contributed by atoms with E-state index in [0.717, 1.165) is 71.7 Å². The minimum absolute atomic E-state index is 0.108. The second-order valence-corrected chi connectivity index (χ2v) is 16.0. The van der Waals surface area contributed by atoms with E-state index >= 15 is 0 Å². The van der Waals surface area contributed by atoms with Crippen LogP contribution in [0.5, 0.6) is 0 Å². The van der Waals surface area contributed by atoms with Crippen LogP contribution >= 0.6 is 0 Å². The molecule has 0 saturated heterocycles. The quantitative estimate of drug-likeness (QED) is 0.175. The summed E-state index contributed by atoms with van der Waals surface area (Å²) in [6, 6.07) is 61.4. The molecule has 1 aliphatic carbocycles. The van der Waals surface area contributed by atoms with Gasteiger partial charge in [-0.3, -0.25) is 0 Å². The fourth-order valence-electron chi connectivity index (χ4n) is 9.24. The second-order valence-electron chi connectivity index (χ2n) is 16.0. The molecule has 12 rings (SSSR count). The summed E-state index contributed by atoms with van der Waals surface area (Å²) in [5, 5.41) is 4.19. The average molecular weight is 758 g/mol. The number of nitrogens with zero attached hydrogens (tertiary/aromatic N) is 3.